The van der Waals surface area contributed by atoms with Gasteiger partial charge in [0.25, 0.3) is 0 Å². The van der Waals surface area contributed by atoms with Gasteiger partial charge in [0.1, 0.15) is 11.0 Å². The highest BCUT2D eigenvalue weighted by atomic mass is 35.5. The van der Waals surface area contributed by atoms with Crippen molar-refractivity contribution >= 4 is 41.1 Å². The predicted octanol–water partition coefficient (Wildman–Crippen LogP) is 4.22. The van der Waals surface area contributed by atoms with Crippen LogP contribution >= 0.6 is 34.8 Å². The maximum atomic E-state index is 11.1. The quantitative estimate of drug-likeness (QED) is 0.616. The van der Waals surface area contributed by atoms with Gasteiger partial charge in [-0.15, -0.1) is 0 Å². The second-order valence-electron chi connectivity index (χ2n) is 3.54. The normalized spacial score (nSPS) is 10.4. The summed E-state index contributed by atoms with van der Waals surface area (Å²) < 4.78 is 0. The largest absolute Gasteiger partial charge is 0.298 e. The van der Waals surface area contributed by atoms with Crippen molar-refractivity contribution in [1.29, 1.82) is 0 Å². The molecule has 0 bridgehead atoms. The Hall–Kier alpha value is -1.16. The molecule has 3 nitrogen and oxygen atoms in total. The van der Waals surface area contributed by atoms with Crippen molar-refractivity contribution in [2.45, 2.75) is 6.92 Å². The summed E-state index contributed by atoms with van der Waals surface area (Å²) in [5.74, 6) is 0.455. The lowest BCUT2D eigenvalue weighted by atomic mass is 10.1. The summed E-state index contributed by atoms with van der Waals surface area (Å²) >= 11 is 18.0. The summed E-state index contributed by atoms with van der Waals surface area (Å²) in [5.41, 5.74) is 1.14. The zero-order chi connectivity index (χ0) is 13.3. The molecule has 6 heteroatoms. The monoisotopic (exact) mass is 300 g/mol. The van der Waals surface area contributed by atoms with Crippen molar-refractivity contribution in [3.05, 3.63) is 44.8 Å². The molecule has 18 heavy (non-hydrogen) atoms. The third-order valence-electron chi connectivity index (χ3n) is 2.34. The number of nitrogens with zero attached hydrogens (tertiary/aromatic N) is 2. The Labute approximate surface area is 119 Å². The Morgan fingerprint density at radius 2 is 1.89 bits per heavy atom. The number of carbonyl (C=O) groups is 1. The van der Waals surface area contributed by atoms with Crippen LogP contribution in [0.25, 0.3) is 11.3 Å². The molecule has 1 heterocycles. The highest BCUT2D eigenvalue weighted by Crippen LogP contribution is 2.35. The minimum atomic E-state index is 0.101. The van der Waals surface area contributed by atoms with Gasteiger partial charge in [0, 0.05) is 5.56 Å². The van der Waals surface area contributed by atoms with E-state index in [1.54, 1.807) is 25.1 Å². The lowest BCUT2D eigenvalue weighted by molar-refractivity contribution is 0.112. The third-order valence-corrected chi connectivity index (χ3v) is 3.44. The maximum absolute atomic E-state index is 11.1. The summed E-state index contributed by atoms with van der Waals surface area (Å²) in [5, 5.41) is 0.818. The second kappa shape index (κ2) is 5.22. The summed E-state index contributed by atoms with van der Waals surface area (Å²) in [6.07, 6.45) is 0.605. The van der Waals surface area contributed by atoms with Crippen molar-refractivity contribution in [2.75, 3.05) is 0 Å². The van der Waals surface area contributed by atoms with E-state index in [4.69, 9.17) is 34.8 Å². The van der Waals surface area contributed by atoms with Gasteiger partial charge in [0.15, 0.2) is 6.29 Å². The molecule has 0 fully saturated rings. The number of hydrogen-bond acceptors (Lipinski definition) is 3. The zero-order valence-electron chi connectivity index (χ0n) is 9.25. The number of aldehydes is 1. The average molecular weight is 302 g/mol. The molecular weight excluding hydrogens is 295 g/mol. The van der Waals surface area contributed by atoms with E-state index in [-0.39, 0.29) is 10.7 Å². The number of aromatic nitrogens is 2. The van der Waals surface area contributed by atoms with Gasteiger partial charge in [-0.3, -0.25) is 4.79 Å². The lowest BCUT2D eigenvalue weighted by Crippen LogP contribution is -1.99. The maximum Gasteiger partial charge on any atom is 0.155 e. The molecule has 2 aromatic rings. The SMILES string of the molecule is Cc1nc(Cl)c(C=O)c(-c2cccc(Cl)c2Cl)n1. The molecule has 1 aromatic heterocycles. The van der Waals surface area contributed by atoms with Crippen LogP contribution in [0.3, 0.4) is 0 Å². The first-order valence-electron chi connectivity index (χ1n) is 4.98. The molecular formula is C12H7Cl3N2O. The predicted molar refractivity (Wildman–Crippen MR) is 72.6 cm³/mol. The van der Waals surface area contributed by atoms with E-state index >= 15 is 0 Å². The number of halogens is 3. The van der Waals surface area contributed by atoms with Crippen LogP contribution in [0.4, 0.5) is 0 Å². The Morgan fingerprint density at radius 1 is 1.17 bits per heavy atom. The van der Waals surface area contributed by atoms with E-state index in [9.17, 15) is 4.79 Å². The van der Waals surface area contributed by atoms with Crippen LogP contribution in [0.2, 0.25) is 15.2 Å². The van der Waals surface area contributed by atoms with Gasteiger partial charge >= 0.3 is 0 Å². The topological polar surface area (TPSA) is 42.9 Å². The first kappa shape index (κ1) is 13.3. The minimum Gasteiger partial charge on any atom is -0.298 e. The zero-order valence-corrected chi connectivity index (χ0v) is 11.5. The van der Waals surface area contributed by atoms with Gasteiger partial charge in [0.2, 0.25) is 0 Å². The Kier molecular flexibility index (Phi) is 3.85. The van der Waals surface area contributed by atoms with Crippen LogP contribution in [0.15, 0.2) is 18.2 Å². The highest BCUT2D eigenvalue weighted by molar-refractivity contribution is 6.43. The second-order valence-corrected chi connectivity index (χ2v) is 4.69. The van der Waals surface area contributed by atoms with Gasteiger partial charge in [0.05, 0.1) is 21.3 Å². The molecule has 0 N–H and O–H groups in total. The fraction of sp³-hybridized carbons (Fsp3) is 0.0833. The standard InChI is InChI=1S/C12H7Cl3N2O/c1-6-16-11(8(5-18)12(15)17-6)7-3-2-4-9(13)10(7)14/h2-5H,1H3. The molecule has 0 atom stereocenters. The van der Waals surface area contributed by atoms with Gasteiger partial charge in [-0.2, -0.15) is 0 Å². The number of rotatable bonds is 2. The van der Waals surface area contributed by atoms with Crippen LogP contribution in [0.5, 0.6) is 0 Å². The van der Waals surface area contributed by atoms with Gasteiger partial charge in [-0.1, -0.05) is 46.9 Å². The number of hydrogen-bond donors (Lipinski definition) is 0. The van der Waals surface area contributed by atoms with Gasteiger partial charge in [-0.25, -0.2) is 9.97 Å². The summed E-state index contributed by atoms with van der Waals surface area (Å²) in [6.45, 7) is 1.68. The fourth-order valence-corrected chi connectivity index (χ4v) is 2.19. The minimum absolute atomic E-state index is 0.101. The number of benzene rings is 1. The van der Waals surface area contributed by atoms with Crippen LogP contribution in [0, 0.1) is 6.92 Å². The summed E-state index contributed by atoms with van der Waals surface area (Å²) in [4.78, 5) is 19.2. The molecule has 0 radical (unpaired) electrons. The first-order chi connectivity index (χ1) is 8.54. The molecule has 2 rings (SSSR count). The molecule has 0 spiro atoms. The number of aryl methyl sites for hydroxylation is 1. The van der Waals surface area contributed by atoms with Gasteiger partial charge in [-0.05, 0) is 13.0 Å². The molecule has 0 aliphatic heterocycles. The highest BCUT2D eigenvalue weighted by Gasteiger charge is 2.16. The summed E-state index contributed by atoms with van der Waals surface area (Å²) in [7, 11) is 0. The molecule has 0 unspecified atom stereocenters. The number of carbonyl (C=O) groups excluding carboxylic acids is 1. The fourth-order valence-electron chi connectivity index (χ4n) is 1.54. The molecule has 0 aliphatic carbocycles. The Balaban J connectivity index is 2.78. The van der Waals surface area contributed by atoms with Crippen LogP contribution in [0.1, 0.15) is 16.2 Å². The van der Waals surface area contributed by atoms with Crippen LogP contribution < -0.4 is 0 Å². The van der Waals surface area contributed by atoms with Crippen molar-refractivity contribution in [1.82, 2.24) is 9.97 Å². The van der Waals surface area contributed by atoms with E-state index in [0.717, 1.165) is 0 Å². The first-order valence-corrected chi connectivity index (χ1v) is 6.11. The van der Waals surface area contributed by atoms with Crippen molar-refractivity contribution in [3.8, 4) is 11.3 Å². The van der Waals surface area contributed by atoms with Crippen LogP contribution in [-0.4, -0.2) is 16.3 Å². The Bertz CT molecular complexity index is 629. The average Bonchev–Trinajstić information content (AvgIpc) is 2.32. The molecule has 0 saturated heterocycles. The molecule has 0 amide bonds. The van der Waals surface area contributed by atoms with Crippen LogP contribution in [-0.2, 0) is 0 Å². The van der Waals surface area contributed by atoms with Crippen molar-refractivity contribution in [3.63, 3.8) is 0 Å². The van der Waals surface area contributed by atoms with E-state index in [1.165, 1.54) is 0 Å². The van der Waals surface area contributed by atoms with E-state index in [2.05, 4.69) is 9.97 Å². The smallest absolute Gasteiger partial charge is 0.155 e. The molecule has 92 valence electrons. The lowest BCUT2D eigenvalue weighted by Gasteiger charge is -2.09. The van der Waals surface area contributed by atoms with E-state index < -0.39 is 0 Å². The van der Waals surface area contributed by atoms with E-state index in [0.29, 0.717) is 33.4 Å². The summed E-state index contributed by atoms with van der Waals surface area (Å²) in [6, 6.07) is 5.10. The van der Waals surface area contributed by atoms with Gasteiger partial charge < -0.3 is 0 Å². The molecule has 0 saturated carbocycles. The van der Waals surface area contributed by atoms with E-state index in [1.807, 2.05) is 0 Å². The molecule has 0 aliphatic rings. The van der Waals surface area contributed by atoms with Crippen molar-refractivity contribution < 1.29 is 4.79 Å². The molecule has 1 aromatic carbocycles. The van der Waals surface area contributed by atoms with Crippen molar-refractivity contribution in [2.24, 2.45) is 0 Å². The third kappa shape index (κ3) is 2.34. The Morgan fingerprint density at radius 3 is 2.56 bits per heavy atom.